The Morgan fingerprint density at radius 2 is 1.35 bits per heavy atom. The average molecular weight is 641 g/mol. The Labute approximate surface area is 268 Å². The smallest absolute Gasteiger partial charge is 0.323 e. The zero-order valence-electron chi connectivity index (χ0n) is 26.1. The molecule has 1 aliphatic rings. The van der Waals surface area contributed by atoms with Crippen molar-refractivity contribution in [2.24, 2.45) is 5.73 Å². The van der Waals surface area contributed by atoms with Crippen molar-refractivity contribution < 1.29 is 42.1 Å². The third-order valence-electron chi connectivity index (χ3n) is 7.52. The number of rotatable bonds is 16. The van der Waals surface area contributed by atoms with Crippen molar-refractivity contribution >= 4 is 11.9 Å². The van der Waals surface area contributed by atoms with Gasteiger partial charge in [0.05, 0.1) is 39.1 Å². The third-order valence-corrected chi connectivity index (χ3v) is 7.52. The van der Waals surface area contributed by atoms with Gasteiger partial charge in [0, 0.05) is 13.3 Å². The van der Waals surface area contributed by atoms with E-state index < -0.39 is 60.7 Å². The molecule has 0 aliphatic carbocycles. The van der Waals surface area contributed by atoms with E-state index in [2.05, 4.69) is 5.32 Å². The van der Waals surface area contributed by atoms with Crippen molar-refractivity contribution in [2.45, 2.75) is 82.5 Å². The Kier molecular flexibility index (Phi) is 13.2. The van der Waals surface area contributed by atoms with Gasteiger partial charge in [0.1, 0.15) is 30.5 Å². The molecule has 1 heterocycles. The minimum Gasteiger partial charge on any atom is -0.465 e. The quantitative estimate of drug-likeness (QED) is 0.219. The number of hydrogen-bond donors (Lipinski definition) is 2. The molecule has 0 radical (unpaired) electrons. The number of halogens is 2. The minimum atomic E-state index is -3.70. The highest BCUT2D eigenvalue weighted by Gasteiger charge is 2.57. The SMILES string of the molecule is CCOC(=O)C(N)CC(F)(F)C1OC(COCc2ccccc2)C(OCc2ccccc2)C(OCc2ccccc2)C1NC(C)=O. The van der Waals surface area contributed by atoms with Gasteiger partial charge in [0.15, 0.2) is 0 Å². The molecule has 46 heavy (non-hydrogen) atoms. The lowest BCUT2D eigenvalue weighted by atomic mass is 9.87. The Hall–Kier alpha value is -3.74. The number of ether oxygens (including phenoxy) is 5. The molecule has 11 heteroatoms. The first-order valence-electron chi connectivity index (χ1n) is 15.3. The molecule has 4 rings (SSSR count). The fourth-order valence-corrected chi connectivity index (χ4v) is 5.37. The molecule has 9 nitrogen and oxygen atoms in total. The lowest BCUT2D eigenvalue weighted by Gasteiger charge is -2.48. The number of hydrogen-bond acceptors (Lipinski definition) is 8. The van der Waals surface area contributed by atoms with Crippen LogP contribution in [0.25, 0.3) is 0 Å². The Morgan fingerprint density at radius 1 is 0.848 bits per heavy atom. The van der Waals surface area contributed by atoms with Gasteiger partial charge in [-0.3, -0.25) is 9.59 Å². The van der Waals surface area contributed by atoms with Gasteiger partial charge >= 0.3 is 5.97 Å². The first-order chi connectivity index (χ1) is 22.2. The van der Waals surface area contributed by atoms with Crippen molar-refractivity contribution in [3.05, 3.63) is 108 Å². The van der Waals surface area contributed by atoms with Gasteiger partial charge < -0.3 is 34.7 Å². The Bertz CT molecular complexity index is 1350. The third kappa shape index (κ3) is 10.1. The number of nitrogens with two attached hydrogens (primary N) is 1. The average Bonchev–Trinajstić information content (AvgIpc) is 3.04. The van der Waals surface area contributed by atoms with Crippen LogP contribution in [0.15, 0.2) is 91.0 Å². The van der Waals surface area contributed by atoms with Crippen LogP contribution in [0.4, 0.5) is 8.78 Å². The lowest BCUT2D eigenvalue weighted by molar-refractivity contribution is -0.275. The summed E-state index contributed by atoms with van der Waals surface area (Å²) in [5.74, 6) is -5.23. The molecule has 248 valence electrons. The highest BCUT2D eigenvalue weighted by atomic mass is 19.3. The lowest BCUT2D eigenvalue weighted by Crippen LogP contribution is -2.69. The molecule has 6 unspecified atom stereocenters. The van der Waals surface area contributed by atoms with E-state index in [-0.39, 0.29) is 33.0 Å². The monoisotopic (exact) mass is 640 g/mol. The number of esters is 1. The molecule has 3 N–H and O–H groups in total. The molecule has 3 aromatic rings. The van der Waals surface area contributed by atoms with Crippen LogP contribution >= 0.6 is 0 Å². The summed E-state index contributed by atoms with van der Waals surface area (Å²) in [6.45, 7) is 3.02. The summed E-state index contributed by atoms with van der Waals surface area (Å²) in [7, 11) is 0. The van der Waals surface area contributed by atoms with E-state index in [0.29, 0.717) is 0 Å². The topological polar surface area (TPSA) is 118 Å². The predicted octanol–water partition coefficient (Wildman–Crippen LogP) is 4.56. The Morgan fingerprint density at radius 3 is 1.85 bits per heavy atom. The van der Waals surface area contributed by atoms with E-state index >= 15 is 8.78 Å². The Balaban J connectivity index is 1.69. The molecule has 1 aliphatic heterocycles. The van der Waals surface area contributed by atoms with Gasteiger partial charge in [-0.15, -0.1) is 0 Å². The van der Waals surface area contributed by atoms with E-state index in [1.807, 2.05) is 91.0 Å². The second-order valence-corrected chi connectivity index (χ2v) is 11.2. The highest BCUT2D eigenvalue weighted by molar-refractivity contribution is 5.75. The summed E-state index contributed by atoms with van der Waals surface area (Å²) >= 11 is 0. The second kappa shape index (κ2) is 17.3. The molecular weight excluding hydrogens is 598 g/mol. The zero-order chi connectivity index (χ0) is 32.9. The number of nitrogens with one attached hydrogen (secondary N) is 1. The zero-order valence-corrected chi connectivity index (χ0v) is 26.1. The molecule has 3 aromatic carbocycles. The summed E-state index contributed by atoms with van der Waals surface area (Å²) in [5.41, 5.74) is 8.38. The largest absolute Gasteiger partial charge is 0.465 e. The molecule has 6 atom stereocenters. The maximum absolute atomic E-state index is 16.2. The van der Waals surface area contributed by atoms with Gasteiger partial charge in [0.25, 0.3) is 5.92 Å². The molecule has 0 spiro atoms. The molecule has 1 amide bonds. The first kappa shape index (κ1) is 35.1. The van der Waals surface area contributed by atoms with Gasteiger partial charge in [-0.1, -0.05) is 91.0 Å². The maximum Gasteiger partial charge on any atom is 0.323 e. The first-order valence-corrected chi connectivity index (χ1v) is 15.3. The van der Waals surface area contributed by atoms with Crippen LogP contribution in [-0.2, 0) is 53.1 Å². The fourth-order valence-electron chi connectivity index (χ4n) is 5.37. The van der Waals surface area contributed by atoms with E-state index in [0.717, 1.165) is 16.7 Å². The summed E-state index contributed by atoms with van der Waals surface area (Å²) in [4.78, 5) is 24.7. The molecule has 0 bridgehead atoms. The number of alkyl halides is 2. The fraction of sp³-hybridized carbons (Fsp3) is 0.429. The van der Waals surface area contributed by atoms with Crippen LogP contribution in [0.1, 0.15) is 37.0 Å². The maximum atomic E-state index is 16.2. The van der Waals surface area contributed by atoms with E-state index in [1.54, 1.807) is 6.92 Å². The number of benzene rings is 3. The van der Waals surface area contributed by atoms with Crippen molar-refractivity contribution in [1.29, 1.82) is 0 Å². The summed E-state index contributed by atoms with van der Waals surface area (Å²) in [6, 6.07) is 25.0. The van der Waals surface area contributed by atoms with Gasteiger partial charge in [-0.2, -0.15) is 0 Å². The van der Waals surface area contributed by atoms with Crippen LogP contribution < -0.4 is 11.1 Å². The highest BCUT2D eigenvalue weighted by Crippen LogP contribution is 2.38. The molecule has 1 fully saturated rings. The molecule has 0 saturated carbocycles. The van der Waals surface area contributed by atoms with Crippen molar-refractivity contribution in [1.82, 2.24) is 5.32 Å². The summed E-state index contributed by atoms with van der Waals surface area (Å²) in [6.07, 6.45) is -6.12. The number of carbonyl (C=O) groups is 2. The molecule has 1 saturated heterocycles. The summed E-state index contributed by atoms with van der Waals surface area (Å²) < 4.78 is 62.2. The predicted molar refractivity (Wildman–Crippen MR) is 167 cm³/mol. The van der Waals surface area contributed by atoms with Crippen molar-refractivity contribution in [3.8, 4) is 0 Å². The molecule has 0 aromatic heterocycles. The van der Waals surface area contributed by atoms with Crippen molar-refractivity contribution in [3.63, 3.8) is 0 Å². The number of carbonyl (C=O) groups excluding carboxylic acids is 2. The number of amides is 1. The van der Waals surface area contributed by atoms with Crippen LogP contribution in [0.2, 0.25) is 0 Å². The van der Waals surface area contributed by atoms with E-state index in [9.17, 15) is 9.59 Å². The van der Waals surface area contributed by atoms with Crippen molar-refractivity contribution in [2.75, 3.05) is 13.2 Å². The van der Waals surface area contributed by atoms with Gasteiger partial charge in [-0.25, -0.2) is 8.78 Å². The van der Waals surface area contributed by atoms with E-state index in [1.165, 1.54) is 6.92 Å². The second-order valence-electron chi connectivity index (χ2n) is 11.2. The normalized spacial score (nSPS) is 22.2. The van der Waals surface area contributed by atoms with E-state index in [4.69, 9.17) is 29.4 Å². The van der Waals surface area contributed by atoms with Crippen LogP contribution in [0.3, 0.4) is 0 Å². The molecular formula is C35H42F2N2O7. The minimum absolute atomic E-state index is 0.0107. The van der Waals surface area contributed by atoms with Gasteiger partial charge in [-0.05, 0) is 23.6 Å². The van der Waals surface area contributed by atoms with Gasteiger partial charge in [0.2, 0.25) is 5.91 Å². The summed E-state index contributed by atoms with van der Waals surface area (Å²) in [5, 5.41) is 2.64. The van der Waals surface area contributed by atoms with Crippen LogP contribution in [0, 0.1) is 0 Å². The standard InChI is InChI=1S/C35H42F2N2O7/c1-3-43-34(41)28(38)19-35(36,37)33-30(39-24(2)40)32(45-22-27-17-11-6-12-18-27)31(44-21-26-15-9-5-10-16-26)29(46-33)23-42-20-25-13-7-4-8-14-25/h4-18,28-33H,3,19-23,38H2,1-2H3,(H,39,40). The van der Waals surface area contributed by atoms with Crippen LogP contribution in [-0.4, -0.2) is 67.5 Å². The van der Waals surface area contributed by atoms with Crippen LogP contribution in [0.5, 0.6) is 0 Å².